The van der Waals surface area contributed by atoms with E-state index in [1.54, 1.807) is 19.6 Å². The summed E-state index contributed by atoms with van der Waals surface area (Å²) in [7, 11) is 1.57. The average Bonchev–Trinajstić information content (AvgIpc) is 3.22. The van der Waals surface area contributed by atoms with E-state index in [4.69, 9.17) is 9.47 Å². The van der Waals surface area contributed by atoms with Gasteiger partial charge in [-0.25, -0.2) is 0 Å². The Kier molecular flexibility index (Phi) is 6.17. The third kappa shape index (κ3) is 3.38. The first kappa shape index (κ1) is 27.0. The number of fused-ring (bicyclic) bond motifs is 7. The van der Waals surface area contributed by atoms with Crippen molar-refractivity contribution in [3.8, 4) is 0 Å². The average molecular weight is 511 g/mol. The van der Waals surface area contributed by atoms with Crippen molar-refractivity contribution in [3.63, 3.8) is 0 Å². The van der Waals surface area contributed by atoms with Crippen molar-refractivity contribution >= 4 is 11.9 Å². The Morgan fingerprint density at radius 3 is 2.24 bits per heavy atom. The molecule has 0 aromatic rings. The fourth-order valence-electron chi connectivity index (χ4n) is 11.3. The molecular weight excluding hydrogens is 460 g/mol. The number of esters is 2. The Hall–Kier alpha value is -1.58. The summed E-state index contributed by atoms with van der Waals surface area (Å²) in [6.45, 7) is 20.5. The smallest absolute Gasteiger partial charge is 0.312 e. The molecule has 0 radical (unpaired) electrons. The molecule has 5 aliphatic carbocycles. The van der Waals surface area contributed by atoms with E-state index in [1.165, 1.54) is 18.4 Å². The van der Waals surface area contributed by atoms with Crippen LogP contribution in [0.2, 0.25) is 0 Å². The van der Waals surface area contributed by atoms with Gasteiger partial charge >= 0.3 is 11.9 Å². The van der Waals surface area contributed by atoms with Gasteiger partial charge in [0, 0.05) is 18.3 Å². The molecule has 9 unspecified atom stereocenters. The Labute approximate surface area is 225 Å². The van der Waals surface area contributed by atoms with Gasteiger partial charge in [-0.05, 0) is 98.7 Å². The maximum Gasteiger partial charge on any atom is 0.312 e. The molecule has 37 heavy (non-hydrogen) atoms. The van der Waals surface area contributed by atoms with Gasteiger partial charge < -0.3 is 9.47 Å². The lowest BCUT2D eigenvalue weighted by Crippen LogP contribution is -2.64. The summed E-state index contributed by atoms with van der Waals surface area (Å²) < 4.78 is 11.4. The molecule has 0 aromatic heterocycles. The number of rotatable bonds is 3. The third-order valence-corrected chi connectivity index (χ3v) is 13.3. The molecule has 0 saturated heterocycles. The fraction of sp³-hybridized carbons (Fsp3) is 0.818. The van der Waals surface area contributed by atoms with Crippen LogP contribution in [0.25, 0.3) is 0 Å². The minimum Gasteiger partial charge on any atom is -0.469 e. The van der Waals surface area contributed by atoms with Gasteiger partial charge in [-0.15, -0.1) is 0 Å². The molecule has 0 spiro atoms. The molecule has 0 aliphatic heterocycles. The standard InChI is InChI=1S/C33H50O4/c1-20(2)22-12-17-33(28(35)36-9)19-18-31(7)23(27(22)33)10-11-25-30(6)15-14-26(37-21(3)34)29(4,5)24(30)13-16-32(25,31)8/h10,22,24-27H,1,11-19H2,2-9H3. The molecule has 0 aromatic carbocycles. The first-order valence-corrected chi connectivity index (χ1v) is 14.8. The predicted octanol–water partition coefficient (Wildman–Crippen LogP) is 7.67. The number of ether oxygens (including phenoxy) is 2. The summed E-state index contributed by atoms with van der Waals surface area (Å²) in [6, 6.07) is 0. The first-order valence-electron chi connectivity index (χ1n) is 14.8. The van der Waals surface area contributed by atoms with Crippen LogP contribution in [-0.2, 0) is 19.1 Å². The number of hydrogen-bond donors (Lipinski definition) is 0. The lowest BCUT2D eigenvalue weighted by molar-refractivity contribution is -0.211. The maximum absolute atomic E-state index is 13.4. The van der Waals surface area contributed by atoms with Crippen molar-refractivity contribution in [3.05, 3.63) is 23.8 Å². The van der Waals surface area contributed by atoms with Crippen molar-refractivity contribution < 1.29 is 19.1 Å². The highest BCUT2D eigenvalue weighted by atomic mass is 16.5. The SMILES string of the molecule is C=C(C)C1CCC2(C(=O)OC)CCC3(C)C(=CCC4C5(C)CCC(OC(C)=O)C(C)(C)C5CCC43C)C12. The highest BCUT2D eigenvalue weighted by molar-refractivity contribution is 5.79. The molecule has 4 heteroatoms. The number of allylic oxidation sites excluding steroid dienone is 3. The van der Waals surface area contributed by atoms with Crippen LogP contribution in [0, 0.1) is 50.7 Å². The van der Waals surface area contributed by atoms with Gasteiger partial charge in [-0.3, -0.25) is 9.59 Å². The van der Waals surface area contributed by atoms with E-state index in [0.717, 1.165) is 44.9 Å². The lowest BCUT2D eigenvalue weighted by atomic mass is 9.34. The van der Waals surface area contributed by atoms with Crippen LogP contribution >= 0.6 is 0 Å². The van der Waals surface area contributed by atoms with Crippen LogP contribution in [0.1, 0.15) is 106 Å². The van der Waals surface area contributed by atoms with Crippen LogP contribution in [-0.4, -0.2) is 25.2 Å². The van der Waals surface area contributed by atoms with Gasteiger partial charge in [0.2, 0.25) is 0 Å². The second-order valence-corrected chi connectivity index (χ2v) is 14.9. The van der Waals surface area contributed by atoms with E-state index in [2.05, 4.69) is 54.2 Å². The second-order valence-electron chi connectivity index (χ2n) is 14.9. The largest absolute Gasteiger partial charge is 0.469 e. The Morgan fingerprint density at radius 2 is 1.62 bits per heavy atom. The van der Waals surface area contributed by atoms with Gasteiger partial charge in [0.1, 0.15) is 6.10 Å². The van der Waals surface area contributed by atoms with E-state index in [9.17, 15) is 9.59 Å². The van der Waals surface area contributed by atoms with E-state index < -0.39 is 5.41 Å². The first-order chi connectivity index (χ1) is 17.2. The van der Waals surface area contributed by atoms with Crippen LogP contribution in [0.15, 0.2) is 23.8 Å². The van der Waals surface area contributed by atoms with Crippen molar-refractivity contribution in [2.24, 2.45) is 50.7 Å². The van der Waals surface area contributed by atoms with Gasteiger partial charge in [0.15, 0.2) is 0 Å². The van der Waals surface area contributed by atoms with Crippen molar-refractivity contribution in [2.45, 2.75) is 112 Å². The molecule has 0 bridgehead atoms. The number of methoxy groups -OCH3 is 1. The minimum atomic E-state index is -0.391. The summed E-state index contributed by atoms with van der Waals surface area (Å²) in [5.41, 5.74) is 2.79. The number of carbonyl (C=O) groups is 2. The van der Waals surface area contributed by atoms with Gasteiger partial charge in [0.25, 0.3) is 0 Å². The third-order valence-electron chi connectivity index (χ3n) is 13.3. The van der Waals surface area contributed by atoms with E-state index in [0.29, 0.717) is 17.8 Å². The van der Waals surface area contributed by atoms with Gasteiger partial charge in [-0.2, -0.15) is 0 Å². The molecule has 0 heterocycles. The molecule has 206 valence electrons. The van der Waals surface area contributed by atoms with Crippen molar-refractivity contribution in [1.82, 2.24) is 0 Å². The molecule has 9 atom stereocenters. The van der Waals surface area contributed by atoms with Gasteiger partial charge in [-0.1, -0.05) is 58.4 Å². The Morgan fingerprint density at radius 1 is 0.919 bits per heavy atom. The lowest BCUT2D eigenvalue weighted by Gasteiger charge is -2.70. The van der Waals surface area contributed by atoms with E-state index in [-0.39, 0.29) is 45.6 Å². The Bertz CT molecular complexity index is 1040. The molecule has 4 nitrogen and oxygen atoms in total. The maximum atomic E-state index is 13.4. The van der Waals surface area contributed by atoms with E-state index in [1.807, 2.05) is 0 Å². The molecule has 4 fully saturated rings. The molecule has 5 rings (SSSR count). The van der Waals surface area contributed by atoms with Crippen molar-refractivity contribution in [1.29, 1.82) is 0 Å². The summed E-state index contributed by atoms with van der Waals surface area (Å²) in [5, 5.41) is 0. The fourth-order valence-corrected chi connectivity index (χ4v) is 11.3. The zero-order chi connectivity index (χ0) is 27.2. The summed E-state index contributed by atoms with van der Waals surface area (Å²) in [6.07, 6.45) is 12.0. The van der Waals surface area contributed by atoms with Gasteiger partial charge in [0.05, 0.1) is 12.5 Å². The van der Waals surface area contributed by atoms with Crippen LogP contribution < -0.4 is 0 Å². The highest BCUT2D eigenvalue weighted by Gasteiger charge is 2.70. The highest BCUT2D eigenvalue weighted by Crippen LogP contribution is 2.76. The van der Waals surface area contributed by atoms with Crippen LogP contribution in [0.3, 0.4) is 0 Å². The van der Waals surface area contributed by atoms with Crippen LogP contribution in [0.4, 0.5) is 0 Å². The van der Waals surface area contributed by atoms with E-state index >= 15 is 0 Å². The quantitative estimate of drug-likeness (QED) is 0.289. The monoisotopic (exact) mass is 510 g/mol. The number of hydrogen-bond acceptors (Lipinski definition) is 4. The van der Waals surface area contributed by atoms with Crippen molar-refractivity contribution in [2.75, 3.05) is 7.11 Å². The molecule has 0 amide bonds. The molecule has 5 aliphatic rings. The molecular formula is C33H50O4. The zero-order valence-corrected chi connectivity index (χ0v) is 24.7. The molecule has 0 N–H and O–H groups in total. The van der Waals surface area contributed by atoms with Crippen LogP contribution in [0.5, 0.6) is 0 Å². The zero-order valence-electron chi connectivity index (χ0n) is 24.7. The summed E-state index contributed by atoms with van der Waals surface area (Å²) in [4.78, 5) is 25.3. The molecule has 4 saturated carbocycles. The minimum absolute atomic E-state index is 0.00214. The number of carbonyl (C=O) groups excluding carboxylic acids is 2. The topological polar surface area (TPSA) is 52.6 Å². The predicted molar refractivity (Wildman–Crippen MR) is 147 cm³/mol. The summed E-state index contributed by atoms with van der Waals surface area (Å²) in [5.74, 6) is 1.53. The second kappa shape index (κ2) is 8.46. The summed E-state index contributed by atoms with van der Waals surface area (Å²) >= 11 is 0. The Balaban J connectivity index is 1.57. The normalized spacial score (nSPS) is 47.9.